The largest absolute Gasteiger partial charge is 0.508 e. The second-order valence-electron chi connectivity index (χ2n) is 4.53. The summed E-state index contributed by atoms with van der Waals surface area (Å²) < 4.78 is 10.8. The molecule has 1 heterocycles. The Morgan fingerprint density at radius 3 is 2.50 bits per heavy atom. The van der Waals surface area contributed by atoms with E-state index in [1.807, 2.05) is 36.4 Å². The van der Waals surface area contributed by atoms with Crippen molar-refractivity contribution in [2.24, 2.45) is 0 Å². The van der Waals surface area contributed by atoms with Crippen LogP contribution in [0.3, 0.4) is 0 Å². The van der Waals surface area contributed by atoms with Gasteiger partial charge in [-0.2, -0.15) is 0 Å². The first-order valence-corrected chi connectivity index (χ1v) is 6.32. The molecule has 1 aromatic heterocycles. The van der Waals surface area contributed by atoms with E-state index in [0.717, 1.165) is 28.1 Å². The molecular weight excluding hydrogens is 254 g/mol. The Kier molecular flexibility index (Phi) is 3.21. The molecule has 0 radical (unpaired) electrons. The van der Waals surface area contributed by atoms with Crippen molar-refractivity contribution in [2.75, 3.05) is 7.11 Å². The molecular formula is C16H15NO3. The number of ether oxygens (including phenoxy) is 2. The Labute approximate surface area is 116 Å². The van der Waals surface area contributed by atoms with E-state index in [0.29, 0.717) is 6.61 Å². The number of H-pyrrole nitrogens is 1. The molecule has 0 unspecified atom stereocenters. The van der Waals surface area contributed by atoms with Crippen LogP contribution in [0.25, 0.3) is 10.9 Å². The Hall–Kier alpha value is -2.62. The topological polar surface area (TPSA) is 54.5 Å². The van der Waals surface area contributed by atoms with Gasteiger partial charge in [0.05, 0.1) is 12.8 Å². The molecule has 0 aliphatic heterocycles. The molecule has 0 aliphatic carbocycles. The molecule has 4 heteroatoms. The van der Waals surface area contributed by atoms with Gasteiger partial charge >= 0.3 is 0 Å². The molecule has 0 bridgehead atoms. The third kappa shape index (κ3) is 2.54. The van der Waals surface area contributed by atoms with Crippen LogP contribution >= 0.6 is 0 Å². The predicted octanol–water partition coefficient (Wildman–Crippen LogP) is 3.46. The summed E-state index contributed by atoms with van der Waals surface area (Å²) in [6, 6.07) is 14.7. The van der Waals surface area contributed by atoms with Crippen LogP contribution < -0.4 is 9.47 Å². The number of rotatable bonds is 4. The van der Waals surface area contributed by atoms with E-state index in [1.165, 1.54) is 0 Å². The fraction of sp³-hybridized carbons (Fsp3) is 0.125. The minimum atomic E-state index is 0.263. The highest BCUT2D eigenvalue weighted by molar-refractivity contribution is 5.81. The van der Waals surface area contributed by atoms with E-state index >= 15 is 0 Å². The number of aromatic amines is 1. The van der Waals surface area contributed by atoms with Crippen LogP contribution in [0.5, 0.6) is 17.2 Å². The zero-order valence-electron chi connectivity index (χ0n) is 11.1. The highest BCUT2D eigenvalue weighted by atomic mass is 16.5. The summed E-state index contributed by atoms with van der Waals surface area (Å²) in [6.07, 6.45) is 0. The summed E-state index contributed by atoms with van der Waals surface area (Å²) >= 11 is 0. The van der Waals surface area contributed by atoms with E-state index in [9.17, 15) is 5.11 Å². The van der Waals surface area contributed by atoms with Crippen molar-refractivity contribution in [2.45, 2.75) is 6.61 Å². The average molecular weight is 269 g/mol. The molecule has 3 aromatic rings. The highest BCUT2D eigenvalue weighted by Crippen LogP contribution is 2.22. The lowest BCUT2D eigenvalue weighted by Crippen LogP contribution is -1.95. The zero-order chi connectivity index (χ0) is 13.9. The van der Waals surface area contributed by atoms with Crippen LogP contribution in [0.15, 0.2) is 48.5 Å². The van der Waals surface area contributed by atoms with Crippen LogP contribution in [0.1, 0.15) is 5.69 Å². The molecule has 3 rings (SSSR count). The maximum atomic E-state index is 9.44. The number of nitrogens with one attached hydrogen (secondary N) is 1. The third-order valence-corrected chi connectivity index (χ3v) is 3.11. The molecule has 0 saturated carbocycles. The second kappa shape index (κ2) is 5.17. The summed E-state index contributed by atoms with van der Waals surface area (Å²) in [5, 5.41) is 10.4. The standard InChI is InChI=1S/C16H15NO3/c1-19-14-3-5-15(6-4-14)20-10-12-8-11-9-13(18)2-7-16(11)17-12/h2-9,17-18H,10H2,1H3. The molecule has 20 heavy (non-hydrogen) atoms. The second-order valence-corrected chi connectivity index (χ2v) is 4.53. The van der Waals surface area contributed by atoms with E-state index in [1.54, 1.807) is 19.2 Å². The molecule has 0 spiro atoms. The minimum Gasteiger partial charge on any atom is -0.508 e. The van der Waals surface area contributed by atoms with Gasteiger partial charge in [0.15, 0.2) is 0 Å². The van der Waals surface area contributed by atoms with E-state index in [4.69, 9.17) is 9.47 Å². The van der Waals surface area contributed by atoms with Crippen molar-refractivity contribution in [1.29, 1.82) is 0 Å². The molecule has 0 amide bonds. The fourth-order valence-corrected chi connectivity index (χ4v) is 2.09. The highest BCUT2D eigenvalue weighted by Gasteiger charge is 2.03. The van der Waals surface area contributed by atoms with Crippen LogP contribution in [0.4, 0.5) is 0 Å². The van der Waals surface area contributed by atoms with Gasteiger partial charge in [0.2, 0.25) is 0 Å². The number of hydrogen-bond donors (Lipinski definition) is 2. The van der Waals surface area contributed by atoms with E-state index in [2.05, 4.69) is 4.98 Å². The first-order chi connectivity index (χ1) is 9.74. The van der Waals surface area contributed by atoms with Gasteiger partial charge in [-0.3, -0.25) is 0 Å². The van der Waals surface area contributed by atoms with Gasteiger partial charge in [0.1, 0.15) is 23.9 Å². The summed E-state index contributed by atoms with van der Waals surface area (Å²) in [5.74, 6) is 1.85. The number of phenolic OH excluding ortho intramolecular Hbond substituents is 1. The van der Waals surface area contributed by atoms with Crippen molar-refractivity contribution in [3.05, 3.63) is 54.2 Å². The number of methoxy groups -OCH3 is 1. The third-order valence-electron chi connectivity index (χ3n) is 3.11. The van der Waals surface area contributed by atoms with Gasteiger partial charge in [-0.25, -0.2) is 0 Å². The normalized spacial score (nSPS) is 10.7. The molecule has 0 aliphatic rings. The first kappa shape index (κ1) is 12.4. The van der Waals surface area contributed by atoms with E-state index in [-0.39, 0.29) is 5.75 Å². The van der Waals surface area contributed by atoms with Crippen LogP contribution in [-0.2, 0) is 6.61 Å². The summed E-state index contributed by atoms with van der Waals surface area (Å²) in [5.41, 5.74) is 1.94. The summed E-state index contributed by atoms with van der Waals surface area (Å²) in [4.78, 5) is 3.25. The maximum Gasteiger partial charge on any atom is 0.128 e. The van der Waals surface area contributed by atoms with Crippen molar-refractivity contribution in [3.8, 4) is 17.2 Å². The molecule has 2 N–H and O–H groups in total. The zero-order valence-corrected chi connectivity index (χ0v) is 11.1. The van der Waals surface area contributed by atoms with E-state index < -0.39 is 0 Å². The lowest BCUT2D eigenvalue weighted by molar-refractivity contribution is 0.301. The molecule has 0 fully saturated rings. The predicted molar refractivity (Wildman–Crippen MR) is 77.3 cm³/mol. The smallest absolute Gasteiger partial charge is 0.128 e. The van der Waals surface area contributed by atoms with Gasteiger partial charge in [0.25, 0.3) is 0 Å². The molecule has 0 atom stereocenters. The Morgan fingerprint density at radius 1 is 1.00 bits per heavy atom. The average Bonchev–Trinajstić information content (AvgIpc) is 2.87. The first-order valence-electron chi connectivity index (χ1n) is 6.32. The quantitative estimate of drug-likeness (QED) is 0.762. The summed E-state index contributed by atoms with van der Waals surface area (Å²) in [6.45, 7) is 0.446. The van der Waals surface area contributed by atoms with Crippen molar-refractivity contribution < 1.29 is 14.6 Å². The number of fused-ring (bicyclic) bond motifs is 1. The molecule has 4 nitrogen and oxygen atoms in total. The number of aromatic nitrogens is 1. The Balaban J connectivity index is 1.72. The number of phenols is 1. The fourth-order valence-electron chi connectivity index (χ4n) is 2.09. The minimum absolute atomic E-state index is 0.263. The monoisotopic (exact) mass is 269 g/mol. The molecule has 102 valence electrons. The van der Waals surface area contributed by atoms with Gasteiger partial charge in [-0.1, -0.05) is 0 Å². The van der Waals surface area contributed by atoms with Crippen molar-refractivity contribution >= 4 is 10.9 Å². The summed E-state index contributed by atoms with van der Waals surface area (Å²) in [7, 11) is 1.63. The van der Waals surface area contributed by atoms with Crippen LogP contribution in [0, 0.1) is 0 Å². The lowest BCUT2D eigenvalue weighted by atomic mass is 10.2. The van der Waals surface area contributed by atoms with Gasteiger partial charge < -0.3 is 19.6 Å². The van der Waals surface area contributed by atoms with Crippen LogP contribution in [-0.4, -0.2) is 17.2 Å². The SMILES string of the molecule is COc1ccc(OCc2cc3cc(O)ccc3[nH]2)cc1. The molecule has 0 saturated heterocycles. The van der Waals surface area contributed by atoms with Crippen molar-refractivity contribution in [3.63, 3.8) is 0 Å². The molecule has 2 aromatic carbocycles. The maximum absolute atomic E-state index is 9.44. The number of benzene rings is 2. The lowest BCUT2D eigenvalue weighted by Gasteiger charge is -2.05. The Morgan fingerprint density at radius 2 is 1.75 bits per heavy atom. The van der Waals surface area contributed by atoms with Crippen molar-refractivity contribution in [1.82, 2.24) is 4.98 Å². The van der Waals surface area contributed by atoms with Gasteiger partial charge in [-0.05, 0) is 48.5 Å². The number of aromatic hydroxyl groups is 1. The Bertz CT molecular complexity index is 716. The number of hydrogen-bond acceptors (Lipinski definition) is 3. The van der Waals surface area contributed by atoms with Gasteiger partial charge in [0, 0.05) is 10.9 Å². The van der Waals surface area contributed by atoms with Gasteiger partial charge in [-0.15, -0.1) is 0 Å². The van der Waals surface area contributed by atoms with Crippen LogP contribution in [0.2, 0.25) is 0 Å².